The molecule has 0 fully saturated rings. The van der Waals surface area contributed by atoms with Crippen molar-refractivity contribution in [1.29, 1.82) is 0 Å². The molecule has 1 N–H and O–H groups in total. The van der Waals surface area contributed by atoms with Crippen molar-refractivity contribution in [2.45, 2.75) is 32.2 Å². The second-order valence-corrected chi connectivity index (χ2v) is 8.71. The summed E-state index contributed by atoms with van der Waals surface area (Å²) in [5.41, 5.74) is 3.13. The molecule has 0 aliphatic carbocycles. The van der Waals surface area contributed by atoms with Crippen LogP contribution in [0, 0.1) is 13.8 Å². The van der Waals surface area contributed by atoms with Gasteiger partial charge in [0, 0.05) is 23.9 Å². The lowest BCUT2D eigenvalue weighted by Crippen LogP contribution is -2.09. The topological polar surface area (TPSA) is 89.3 Å². The first-order valence-electron chi connectivity index (χ1n) is 8.86. The number of carbonyl (C=O) groups is 1. The second-order valence-electron chi connectivity index (χ2n) is 6.73. The molecule has 1 heterocycles. The molecule has 0 amide bonds. The van der Waals surface area contributed by atoms with Crippen LogP contribution >= 0.6 is 0 Å². The molecule has 3 rings (SSSR count). The van der Waals surface area contributed by atoms with E-state index in [0.29, 0.717) is 23.2 Å². The summed E-state index contributed by atoms with van der Waals surface area (Å²) >= 11 is 0. The molecule has 28 heavy (non-hydrogen) atoms. The van der Waals surface area contributed by atoms with Gasteiger partial charge in [0.15, 0.2) is 15.6 Å². The highest BCUT2D eigenvalue weighted by atomic mass is 32.2. The molecular weight excluding hydrogens is 376 g/mol. The maximum absolute atomic E-state index is 13.1. The lowest BCUT2D eigenvalue weighted by molar-refractivity contribution is 0.103. The zero-order valence-corrected chi connectivity index (χ0v) is 17.0. The third-order valence-corrected chi connectivity index (χ3v) is 5.98. The molecule has 0 radical (unpaired) electrons. The van der Waals surface area contributed by atoms with Crippen molar-refractivity contribution < 1.29 is 18.3 Å². The monoisotopic (exact) mass is 398 g/mol. The van der Waals surface area contributed by atoms with E-state index in [2.05, 4.69) is 5.10 Å². The molecule has 0 saturated carbocycles. The van der Waals surface area contributed by atoms with E-state index >= 15 is 0 Å². The van der Waals surface area contributed by atoms with E-state index in [1.807, 2.05) is 38.1 Å². The fourth-order valence-electron chi connectivity index (χ4n) is 3.35. The Bertz CT molecular complexity index is 1180. The number of aryl methyl sites for hydroxylation is 2. The van der Waals surface area contributed by atoms with Crippen LogP contribution in [-0.4, -0.2) is 35.3 Å². The van der Waals surface area contributed by atoms with E-state index in [-0.39, 0.29) is 16.3 Å². The predicted octanol–water partition coefficient (Wildman–Crippen LogP) is 3.53. The van der Waals surface area contributed by atoms with Crippen LogP contribution in [0.3, 0.4) is 0 Å². The van der Waals surface area contributed by atoms with Crippen LogP contribution in [0.15, 0.2) is 47.5 Å². The van der Waals surface area contributed by atoms with Crippen molar-refractivity contribution >= 4 is 15.6 Å². The molecule has 7 heteroatoms. The first-order valence-corrected chi connectivity index (χ1v) is 10.7. The molecule has 0 spiro atoms. The summed E-state index contributed by atoms with van der Waals surface area (Å²) in [6.07, 6.45) is 2.49. The fourth-order valence-corrected chi connectivity index (χ4v) is 4.29. The number of aromatic hydroxyl groups is 1. The second kappa shape index (κ2) is 7.24. The third kappa shape index (κ3) is 3.33. The van der Waals surface area contributed by atoms with Crippen LogP contribution in [0.4, 0.5) is 0 Å². The summed E-state index contributed by atoms with van der Waals surface area (Å²) in [5.74, 6) is -0.596. The third-order valence-electron chi connectivity index (χ3n) is 4.84. The molecule has 146 valence electrons. The van der Waals surface area contributed by atoms with Gasteiger partial charge in [-0.2, -0.15) is 5.10 Å². The summed E-state index contributed by atoms with van der Waals surface area (Å²) in [6.45, 7) is 5.86. The van der Waals surface area contributed by atoms with Crippen LogP contribution in [0.25, 0.3) is 11.1 Å². The molecule has 0 bridgehead atoms. The maximum atomic E-state index is 13.1. The van der Waals surface area contributed by atoms with Gasteiger partial charge in [-0.3, -0.25) is 4.79 Å². The SMILES string of the molecule is CCn1ncc(C(=O)c2ccc(S(C)(=O)=O)c(-c3ccccc3C)c2C)c1O. The Labute approximate surface area is 164 Å². The minimum Gasteiger partial charge on any atom is -0.493 e. The van der Waals surface area contributed by atoms with Crippen molar-refractivity contribution in [3.05, 3.63) is 64.8 Å². The van der Waals surface area contributed by atoms with E-state index < -0.39 is 15.6 Å². The molecular formula is C21H22N2O4S. The highest BCUT2D eigenvalue weighted by molar-refractivity contribution is 7.90. The molecule has 0 unspecified atom stereocenters. The summed E-state index contributed by atoms with van der Waals surface area (Å²) in [6, 6.07) is 10.4. The Kier molecular flexibility index (Phi) is 5.12. The first kappa shape index (κ1) is 19.8. The largest absolute Gasteiger partial charge is 0.493 e. The average Bonchev–Trinajstić information content (AvgIpc) is 3.01. The van der Waals surface area contributed by atoms with Gasteiger partial charge in [-0.05, 0) is 49.6 Å². The summed E-state index contributed by atoms with van der Waals surface area (Å²) in [5, 5.41) is 14.3. The number of rotatable bonds is 5. The lowest BCUT2D eigenvalue weighted by atomic mass is 9.91. The Morgan fingerprint density at radius 1 is 1.11 bits per heavy atom. The van der Waals surface area contributed by atoms with Crippen LogP contribution in [-0.2, 0) is 16.4 Å². The van der Waals surface area contributed by atoms with E-state index in [1.54, 1.807) is 6.92 Å². The van der Waals surface area contributed by atoms with Crippen molar-refractivity contribution in [3.63, 3.8) is 0 Å². The van der Waals surface area contributed by atoms with E-state index in [0.717, 1.165) is 17.4 Å². The van der Waals surface area contributed by atoms with E-state index in [4.69, 9.17) is 0 Å². The highest BCUT2D eigenvalue weighted by Gasteiger charge is 2.25. The smallest absolute Gasteiger partial charge is 0.220 e. The van der Waals surface area contributed by atoms with Gasteiger partial charge < -0.3 is 5.11 Å². The number of benzene rings is 2. The Morgan fingerprint density at radius 2 is 1.79 bits per heavy atom. The van der Waals surface area contributed by atoms with Crippen molar-refractivity contribution in [2.75, 3.05) is 6.26 Å². The van der Waals surface area contributed by atoms with Gasteiger partial charge in [-0.15, -0.1) is 0 Å². The molecule has 1 aromatic heterocycles. The zero-order chi connectivity index (χ0) is 20.6. The molecule has 6 nitrogen and oxygen atoms in total. The molecule has 3 aromatic rings. The average molecular weight is 398 g/mol. The van der Waals surface area contributed by atoms with Crippen molar-refractivity contribution in [1.82, 2.24) is 9.78 Å². The van der Waals surface area contributed by atoms with Crippen LogP contribution in [0.5, 0.6) is 5.88 Å². The van der Waals surface area contributed by atoms with Crippen LogP contribution in [0.2, 0.25) is 0 Å². The number of hydrogen-bond donors (Lipinski definition) is 1. The minimum absolute atomic E-state index is 0.0905. The number of carbonyl (C=O) groups excluding carboxylic acids is 1. The first-order chi connectivity index (χ1) is 13.2. The number of ketones is 1. The highest BCUT2D eigenvalue weighted by Crippen LogP contribution is 2.36. The number of aromatic nitrogens is 2. The minimum atomic E-state index is -3.51. The van der Waals surface area contributed by atoms with Gasteiger partial charge in [0.2, 0.25) is 5.88 Å². The summed E-state index contributed by atoms with van der Waals surface area (Å²) in [7, 11) is -3.51. The van der Waals surface area contributed by atoms with Gasteiger partial charge >= 0.3 is 0 Å². The van der Waals surface area contributed by atoms with Gasteiger partial charge in [-0.25, -0.2) is 13.1 Å². The fraction of sp³-hybridized carbons (Fsp3) is 0.238. The normalized spacial score (nSPS) is 11.6. The molecule has 2 aromatic carbocycles. The molecule has 0 saturated heterocycles. The van der Waals surface area contributed by atoms with E-state index in [9.17, 15) is 18.3 Å². The maximum Gasteiger partial charge on any atom is 0.220 e. The molecule has 0 aliphatic heterocycles. The Balaban J connectivity index is 2.28. The quantitative estimate of drug-likeness (QED) is 0.664. The van der Waals surface area contributed by atoms with Gasteiger partial charge in [0.25, 0.3) is 0 Å². The van der Waals surface area contributed by atoms with Gasteiger partial charge in [0.05, 0.1) is 11.1 Å². The van der Waals surface area contributed by atoms with Crippen molar-refractivity contribution in [3.8, 4) is 17.0 Å². The number of nitrogens with zero attached hydrogens (tertiary/aromatic N) is 2. The number of hydrogen-bond acceptors (Lipinski definition) is 5. The Morgan fingerprint density at radius 3 is 2.36 bits per heavy atom. The molecule has 0 aliphatic rings. The van der Waals surface area contributed by atoms with Crippen molar-refractivity contribution in [2.24, 2.45) is 0 Å². The Hall–Kier alpha value is -2.93. The van der Waals surface area contributed by atoms with Gasteiger partial charge in [0.1, 0.15) is 5.56 Å². The summed E-state index contributed by atoms with van der Waals surface area (Å²) in [4.78, 5) is 13.3. The van der Waals surface area contributed by atoms with Crippen LogP contribution in [0.1, 0.15) is 34.0 Å². The predicted molar refractivity (Wildman–Crippen MR) is 107 cm³/mol. The summed E-state index contributed by atoms with van der Waals surface area (Å²) < 4.78 is 26.1. The standard InChI is InChI=1S/C21H22N2O4S/c1-5-23-21(25)17(12-22-23)20(24)16-10-11-18(28(4,26)27)19(14(16)3)15-9-7-6-8-13(15)2/h6-12,25H,5H2,1-4H3. The van der Waals surface area contributed by atoms with Gasteiger partial charge in [-0.1, -0.05) is 24.3 Å². The van der Waals surface area contributed by atoms with E-state index in [1.165, 1.54) is 23.0 Å². The number of sulfone groups is 1. The molecule has 0 atom stereocenters. The van der Waals surface area contributed by atoms with Crippen LogP contribution < -0.4 is 0 Å². The zero-order valence-electron chi connectivity index (χ0n) is 16.2. The lowest BCUT2D eigenvalue weighted by Gasteiger charge is -2.17.